The van der Waals surface area contributed by atoms with Crippen molar-refractivity contribution in [3.63, 3.8) is 0 Å². The third kappa shape index (κ3) is 5.04. The number of likely N-dealkylation sites (N-methyl/N-ethyl adjacent to an activating group) is 1. The van der Waals surface area contributed by atoms with Crippen LogP contribution in [0, 0.1) is 0 Å². The van der Waals surface area contributed by atoms with Crippen molar-refractivity contribution in [2.24, 2.45) is 0 Å². The van der Waals surface area contributed by atoms with Gasteiger partial charge >= 0.3 is 0 Å². The summed E-state index contributed by atoms with van der Waals surface area (Å²) < 4.78 is 0. The van der Waals surface area contributed by atoms with Crippen LogP contribution in [-0.2, 0) is 4.79 Å². The van der Waals surface area contributed by atoms with Gasteiger partial charge in [0.1, 0.15) is 0 Å². The topological polar surface area (TPSA) is 40.5 Å². The summed E-state index contributed by atoms with van der Waals surface area (Å²) in [4.78, 5) is 14.4. The Morgan fingerprint density at radius 3 is 2.08 bits per heavy atom. The minimum Gasteiger partial charge on any atom is -0.386 e. The van der Waals surface area contributed by atoms with E-state index in [0.717, 1.165) is 11.1 Å². The van der Waals surface area contributed by atoms with E-state index in [4.69, 9.17) is 0 Å². The van der Waals surface area contributed by atoms with Crippen molar-refractivity contribution in [2.75, 3.05) is 7.05 Å². The second-order valence-electron chi connectivity index (χ2n) is 6.35. The molecule has 1 amide bonds. The molecule has 3 atom stereocenters. The molecule has 0 aromatic heterocycles. The molecule has 2 rings (SSSR count). The van der Waals surface area contributed by atoms with Crippen molar-refractivity contribution in [2.45, 2.75) is 38.3 Å². The van der Waals surface area contributed by atoms with Gasteiger partial charge in [0.2, 0.25) is 5.91 Å². The third-order valence-corrected chi connectivity index (χ3v) is 4.65. The lowest BCUT2D eigenvalue weighted by atomic mass is 9.94. The molecule has 3 nitrogen and oxygen atoms in total. The molecule has 2 aromatic rings. The molecule has 0 saturated heterocycles. The van der Waals surface area contributed by atoms with E-state index in [-0.39, 0.29) is 17.9 Å². The zero-order chi connectivity index (χ0) is 18.2. The van der Waals surface area contributed by atoms with Crippen molar-refractivity contribution < 1.29 is 9.90 Å². The number of aliphatic hydroxyl groups is 1. The summed E-state index contributed by atoms with van der Waals surface area (Å²) >= 11 is 0. The van der Waals surface area contributed by atoms with Crippen molar-refractivity contribution in [3.8, 4) is 0 Å². The number of hydrogen-bond donors (Lipinski definition) is 1. The molecule has 0 aliphatic rings. The van der Waals surface area contributed by atoms with Crippen LogP contribution in [0.1, 0.15) is 43.4 Å². The summed E-state index contributed by atoms with van der Waals surface area (Å²) in [6, 6.07) is 19.2. The molecule has 0 saturated carbocycles. The van der Waals surface area contributed by atoms with Crippen molar-refractivity contribution in [1.29, 1.82) is 0 Å². The SMILES string of the molecule is C/C=C/C(CC(=O)N(C)[C@@H](C)[C@@H](O)c1ccccc1)c1ccccc1. The standard InChI is InChI=1S/C22H27NO2/c1-4-11-20(18-12-7-5-8-13-18)16-21(24)23(3)17(2)22(25)19-14-9-6-10-15-19/h4-15,17,20,22,25H,16H2,1-3H3/b11-4+/t17-,20?,22+/m0/s1. The van der Waals surface area contributed by atoms with Crippen LogP contribution in [0.3, 0.4) is 0 Å². The van der Waals surface area contributed by atoms with Gasteiger partial charge in [0, 0.05) is 19.4 Å². The van der Waals surface area contributed by atoms with Gasteiger partial charge in [-0.3, -0.25) is 4.79 Å². The van der Waals surface area contributed by atoms with Gasteiger partial charge in [0.25, 0.3) is 0 Å². The van der Waals surface area contributed by atoms with Crippen LogP contribution in [0.15, 0.2) is 72.8 Å². The van der Waals surface area contributed by atoms with E-state index in [2.05, 4.69) is 6.08 Å². The molecule has 0 bridgehead atoms. The van der Waals surface area contributed by atoms with E-state index in [1.165, 1.54) is 0 Å². The molecule has 1 N–H and O–H groups in total. The molecule has 0 fully saturated rings. The Morgan fingerprint density at radius 2 is 1.56 bits per heavy atom. The van der Waals surface area contributed by atoms with Gasteiger partial charge in [-0.25, -0.2) is 0 Å². The number of benzene rings is 2. The van der Waals surface area contributed by atoms with E-state index in [9.17, 15) is 9.90 Å². The predicted octanol–water partition coefficient (Wildman–Crippen LogP) is 4.32. The lowest BCUT2D eigenvalue weighted by Gasteiger charge is -2.30. The number of carbonyl (C=O) groups excluding carboxylic acids is 1. The van der Waals surface area contributed by atoms with Gasteiger partial charge in [0.05, 0.1) is 12.1 Å². The molecular weight excluding hydrogens is 310 g/mol. The number of allylic oxidation sites excluding steroid dienone is 2. The first-order valence-corrected chi connectivity index (χ1v) is 8.71. The van der Waals surface area contributed by atoms with Crippen LogP contribution in [-0.4, -0.2) is 29.0 Å². The molecule has 132 valence electrons. The number of aliphatic hydroxyl groups excluding tert-OH is 1. The van der Waals surface area contributed by atoms with Crippen LogP contribution in [0.25, 0.3) is 0 Å². The fraction of sp³-hybridized carbons (Fsp3) is 0.318. The summed E-state index contributed by atoms with van der Waals surface area (Å²) in [6.07, 6.45) is 3.72. The van der Waals surface area contributed by atoms with E-state index in [1.54, 1.807) is 11.9 Å². The zero-order valence-corrected chi connectivity index (χ0v) is 15.2. The lowest BCUT2D eigenvalue weighted by Crippen LogP contribution is -2.39. The third-order valence-electron chi connectivity index (χ3n) is 4.65. The molecule has 0 radical (unpaired) electrons. The van der Waals surface area contributed by atoms with Crippen molar-refractivity contribution in [1.82, 2.24) is 4.90 Å². The summed E-state index contributed by atoms with van der Waals surface area (Å²) in [6.45, 7) is 3.84. The Bertz CT molecular complexity index is 682. The number of nitrogens with zero attached hydrogens (tertiary/aromatic N) is 1. The Labute approximate surface area is 150 Å². The second kappa shape index (κ2) is 9.19. The van der Waals surface area contributed by atoms with Crippen molar-refractivity contribution in [3.05, 3.63) is 83.9 Å². The molecule has 2 aromatic carbocycles. The van der Waals surface area contributed by atoms with Crippen LogP contribution in [0.2, 0.25) is 0 Å². The highest BCUT2D eigenvalue weighted by Gasteiger charge is 2.25. The van der Waals surface area contributed by atoms with Gasteiger partial charge in [-0.05, 0) is 25.0 Å². The molecule has 3 heteroatoms. The van der Waals surface area contributed by atoms with Gasteiger partial charge in [-0.1, -0.05) is 72.8 Å². The number of amides is 1. The Balaban J connectivity index is 2.07. The summed E-state index contributed by atoms with van der Waals surface area (Å²) in [5, 5.41) is 10.6. The van der Waals surface area contributed by atoms with Gasteiger partial charge < -0.3 is 10.0 Å². The van der Waals surface area contributed by atoms with Crippen LogP contribution < -0.4 is 0 Å². The van der Waals surface area contributed by atoms with E-state index < -0.39 is 6.10 Å². The molecule has 25 heavy (non-hydrogen) atoms. The number of carbonyl (C=O) groups is 1. The molecule has 0 aliphatic carbocycles. The number of rotatable bonds is 7. The highest BCUT2D eigenvalue weighted by molar-refractivity contribution is 5.77. The molecule has 0 aliphatic heterocycles. The fourth-order valence-electron chi connectivity index (χ4n) is 2.93. The maximum atomic E-state index is 12.8. The van der Waals surface area contributed by atoms with Crippen molar-refractivity contribution >= 4 is 5.91 Å². The first-order valence-electron chi connectivity index (χ1n) is 8.71. The van der Waals surface area contributed by atoms with Crippen LogP contribution in [0.5, 0.6) is 0 Å². The zero-order valence-electron chi connectivity index (χ0n) is 15.2. The Hall–Kier alpha value is -2.39. The lowest BCUT2D eigenvalue weighted by molar-refractivity contribution is -0.134. The molecule has 0 spiro atoms. The Kier molecular flexibility index (Phi) is 6.96. The second-order valence-corrected chi connectivity index (χ2v) is 6.35. The van der Waals surface area contributed by atoms with E-state index >= 15 is 0 Å². The smallest absolute Gasteiger partial charge is 0.223 e. The maximum absolute atomic E-state index is 12.8. The summed E-state index contributed by atoms with van der Waals surface area (Å²) in [5.41, 5.74) is 1.95. The van der Waals surface area contributed by atoms with E-state index in [0.29, 0.717) is 6.42 Å². The largest absolute Gasteiger partial charge is 0.386 e. The fourth-order valence-corrected chi connectivity index (χ4v) is 2.93. The highest BCUT2D eigenvalue weighted by atomic mass is 16.3. The van der Waals surface area contributed by atoms with Crippen LogP contribution >= 0.6 is 0 Å². The average molecular weight is 337 g/mol. The Morgan fingerprint density at radius 1 is 1.04 bits per heavy atom. The first kappa shape index (κ1) is 18.9. The number of hydrogen-bond acceptors (Lipinski definition) is 2. The first-order chi connectivity index (χ1) is 12.0. The predicted molar refractivity (Wildman–Crippen MR) is 102 cm³/mol. The quantitative estimate of drug-likeness (QED) is 0.765. The summed E-state index contributed by atoms with van der Waals surface area (Å²) in [5.74, 6) is 0.0663. The minimum atomic E-state index is -0.702. The maximum Gasteiger partial charge on any atom is 0.223 e. The summed E-state index contributed by atoms with van der Waals surface area (Å²) in [7, 11) is 1.76. The normalized spacial score (nSPS) is 14.9. The molecule has 1 unspecified atom stereocenters. The molecular formula is C22H27NO2. The van der Waals surface area contributed by atoms with Crippen LogP contribution in [0.4, 0.5) is 0 Å². The molecule has 0 heterocycles. The van der Waals surface area contributed by atoms with Gasteiger partial charge in [-0.15, -0.1) is 0 Å². The minimum absolute atomic E-state index is 0.0226. The monoisotopic (exact) mass is 337 g/mol. The van der Waals surface area contributed by atoms with E-state index in [1.807, 2.05) is 80.6 Å². The highest BCUT2D eigenvalue weighted by Crippen LogP contribution is 2.25. The van der Waals surface area contributed by atoms with Gasteiger partial charge in [-0.2, -0.15) is 0 Å². The van der Waals surface area contributed by atoms with Gasteiger partial charge in [0.15, 0.2) is 0 Å². The average Bonchev–Trinajstić information content (AvgIpc) is 2.67.